The van der Waals surface area contributed by atoms with E-state index in [4.69, 9.17) is 25.2 Å². The summed E-state index contributed by atoms with van der Waals surface area (Å²) in [6, 6.07) is 0. The van der Waals surface area contributed by atoms with Crippen LogP contribution in [0.1, 0.15) is 18.2 Å². The molecule has 0 saturated carbocycles. The predicted molar refractivity (Wildman–Crippen MR) is 93.2 cm³/mol. The first-order chi connectivity index (χ1) is 13.6. The number of rotatable bonds is 9. The van der Waals surface area contributed by atoms with Crippen LogP contribution in [-0.2, 0) is 38.2 Å². The summed E-state index contributed by atoms with van der Waals surface area (Å²) in [6.45, 7) is -1.44. The molecule has 2 rings (SSSR count). The van der Waals surface area contributed by atoms with Gasteiger partial charge in [-0.25, -0.2) is 18.5 Å². The number of hydrogen-bond acceptors (Lipinski definition) is 12. The van der Waals surface area contributed by atoms with Gasteiger partial charge in [-0.3, -0.25) is 9.09 Å². The monoisotopic (exact) mass is 497 g/mol. The van der Waals surface area contributed by atoms with Crippen LogP contribution in [-0.4, -0.2) is 58.2 Å². The number of nitrogens with zero attached hydrogens (tertiary/aromatic N) is 2. The van der Waals surface area contributed by atoms with Crippen molar-refractivity contribution >= 4 is 29.3 Å². The van der Waals surface area contributed by atoms with Gasteiger partial charge >= 0.3 is 29.2 Å². The van der Waals surface area contributed by atoms with Crippen molar-refractivity contribution < 1.29 is 61.4 Å². The number of anilines is 1. The highest BCUT2D eigenvalue weighted by Gasteiger charge is 2.43. The summed E-state index contributed by atoms with van der Waals surface area (Å²) in [5, 5.41) is 19.2. The SMILES string of the molecule is Nc1nc(=O)n([C@H]2C[C@H](O)[C@@H](COP(=O)(O)OP(=O)(O)OP(=O)(O)O)O2)cc1CO. The number of aliphatic hydroxyl groups excluding tert-OH is 2. The van der Waals surface area contributed by atoms with Gasteiger partial charge in [0.05, 0.1) is 19.3 Å². The van der Waals surface area contributed by atoms with Crippen LogP contribution in [0.2, 0.25) is 0 Å². The number of phosphoric acid groups is 3. The maximum Gasteiger partial charge on any atom is 0.490 e. The van der Waals surface area contributed by atoms with E-state index in [-0.39, 0.29) is 17.8 Å². The van der Waals surface area contributed by atoms with Crippen LogP contribution in [0.5, 0.6) is 0 Å². The molecule has 17 nitrogen and oxygen atoms in total. The molecule has 0 radical (unpaired) electrons. The van der Waals surface area contributed by atoms with Gasteiger partial charge in [-0.1, -0.05) is 0 Å². The molecule has 2 unspecified atom stereocenters. The topological polar surface area (TPSA) is 270 Å². The normalized spacial score (nSPS) is 26.3. The van der Waals surface area contributed by atoms with E-state index in [0.717, 1.165) is 10.8 Å². The molecular weight excluding hydrogens is 479 g/mol. The van der Waals surface area contributed by atoms with Crippen LogP contribution in [0.15, 0.2) is 11.0 Å². The van der Waals surface area contributed by atoms with Crippen LogP contribution in [0.25, 0.3) is 0 Å². The summed E-state index contributed by atoms with van der Waals surface area (Å²) in [5.41, 5.74) is 4.70. The van der Waals surface area contributed by atoms with E-state index < -0.39 is 60.8 Å². The highest BCUT2D eigenvalue weighted by Crippen LogP contribution is 2.66. The Kier molecular flexibility index (Phi) is 7.76. The molecule has 1 fully saturated rings. The van der Waals surface area contributed by atoms with E-state index in [0.29, 0.717) is 0 Å². The van der Waals surface area contributed by atoms with Gasteiger partial charge in [-0.2, -0.15) is 13.6 Å². The number of phosphoric ester groups is 1. The second kappa shape index (κ2) is 9.22. The Balaban J connectivity index is 2.04. The fraction of sp³-hybridized carbons (Fsp3) is 0.600. The summed E-state index contributed by atoms with van der Waals surface area (Å²) < 4.78 is 51.3. The van der Waals surface area contributed by atoms with Crippen molar-refractivity contribution in [3.63, 3.8) is 0 Å². The molecule has 1 aromatic heterocycles. The fourth-order valence-electron chi connectivity index (χ4n) is 2.36. The minimum absolute atomic E-state index is 0.101. The molecule has 20 heteroatoms. The zero-order chi connectivity index (χ0) is 22.9. The van der Waals surface area contributed by atoms with Gasteiger partial charge in [0.1, 0.15) is 18.1 Å². The van der Waals surface area contributed by atoms with Gasteiger partial charge in [-0.15, -0.1) is 0 Å². The van der Waals surface area contributed by atoms with Crippen LogP contribution in [0.4, 0.5) is 5.82 Å². The molecule has 0 aromatic carbocycles. The molecule has 1 saturated heterocycles. The van der Waals surface area contributed by atoms with Crippen molar-refractivity contribution in [1.82, 2.24) is 9.55 Å². The molecule has 0 amide bonds. The predicted octanol–water partition coefficient (Wildman–Crippen LogP) is -1.69. The Bertz CT molecular complexity index is 976. The number of nitrogen functional groups attached to an aromatic ring is 1. The van der Waals surface area contributed by atoms with E-state index in [1.165, 1.54) is 0 Å². The number of aromatic nitrogens is 2. The largest absolute Gasteiger partial charge is 0.490 e. The Morgan fingerprint density at radius 2 is 1.83 bits per heavy atom. The minimum Gasteiger partial charge on any atom is -0.391 e. The lowest BCUT2D eigenvalue weighted by Crippen LogP contribution is -2.29. The van der Waals surface area contributed by atoms with Gasteiger partial charge in [0.15, 0.2) is 0 Å². The van der Waals surface area contributed by atoms with E-state index in [9.17, 15) is 33.6 Å². The number of aliphatic hydroxyl groups is 2. The number of nitrogens with two attached hydrogens (primary N) is 1. The van der Waals surface area contributed by atoms with E-state index >= 15 is 0 Å². The van der Waals surface area contributed by atoms with Crippen molar-refractivity contribution in [2.75, 3.05) is 12.3 Å². The first kappa shape index (κ1) is 25.2. The molecule has 2 heterocycles. The van der Waals surface area contributed by atoms with Crippen molar-refractivity contribution in [3.8, 4) is 0 Å². The molecular formula is C10H18N3O14P3. The number of hydrogen-bond donors (Lipinski definition) is 7. The lowest BCUT2D eigenvalue weighted by atomic mass is 10.2. The second-order valence-corrected chi connectivity index (χ2v) is 10.2. The Morgan fingerprint density at radius 1 is 1.20 bits per heavy atom. The Morgan fingerprint density at radius 3 is 2.40 bits per heavy atom. The van der Waals surface area contributed by atoms with Crippen molar-refractivity contribution in [2.45, 2.75) is 31.5 Å². The second-order valence-electron chi connectivity index (χ2n) is 5.82. The quantitative estimate of drug-likeness (QED) is 0.187. The molecule has 0 spiro atoms. The standard InChI is InChI=1S/C10H18N3O14P3/c11-9-5(3-14)2-13(10(16)12-9)8-1-6(15)7(25-8)4-24-29(20,21)27-30(22,23)26-28(17,18)19/h2,6-8,14-15H,1,3-4H2,(H,20,21)(H,22,23)(H2,11,12,16)(H2,17,18,19)/t6-,7+,8+/m0/s1. The van der Waals surface area contributed by atoms with Gasteiger partial charge in [0, 0.05) is 18.2 Å². The molecule has 0 bridgehead atoms. The average molecular weight is 497 g/mol. The zero-order valence-corrected chi connectivity index (χ0v) is 17.4. The summed E-state index contributed by atoms with van der Waals surface area (Å²) >= 11 is 0. The highest BCUT2D eigenvalue weighted by molar-refractivity contribution is 7.66. The summed E-state index contributed by atoms with van der Waals surface area (Å²) in [7, 11) is -16.6. The molecule has 1 aromatic rings. The first-order valence-corrected chi connectivity index (χ1v) is 12.2. The molecule has 8 N–H and O–H groups in total. The van der Waals surface area contributed by atoms with E-state index in [2.05, 4.69) is 18.1 Å². The molecule has 0 aliphatic carbocycles. The molecule has 1 aliphatic heterocycles. The highest BCUT2D eigenvalue weighted by atomic mass is 31.3. The molecule has 30 heavy (non-hydrogen) atoms. The van der Waals surface area contributed by atoms with E-state index in [1.54, 1.807) is 0 Å². The fourth-order valence-corrected chi connectivity index (χ4v) is 5.39. The Hall–Kier alpha value is -1.03. The van der Waals surface area contributed by atoms with Crippen LogP contribution in [0.3, 0.4) is 0 Å². The van der Waals surface area contributed by atoms with Crippen LogP contribution in [0, 0.1) is 0 Å². The number of ether oxygens (including phenoxy) is 1. The van der Waals surface area contributed by atoms with E-state index in [1.807, 2.05) is 0 Å². The lowest BCUT2D eigenvalue weighted by molar-refractivity contribution is -0.0450. The molecule has 1 aliphatic rings. The van der Waals surface area contributed by atoms with Crippen molar-refractivity contribution in [2.24, 2.45) is 0 Å². The summed E-state index contributed by atoms with van der Waals surface area (Å²) in [5.74, 6) is -0.207. The van der Waals surface area contributed by atoms with Crippen molar-refractivity contribution in [3.05, 3.63) is 22.2 Å². The van der Waals surface area contributed by atoms with Crippen LogP contribution >= 0.6 is 23.5 Å². The van der Waals surface area contributed by atoms with Crippen LogP contribution < -0.4 is 11.4 Å². The third-order valence-corrected chi connectivity index (χ3v) is 7.37. The molecule has 5 atom stereocenters. The maximum atomic E-state index is 12.0. The summed E-state index contributed by atoms with van der Waals surface area (Å²) in [4.78, 5) is 50.8. The lowest BCUT2D eigenvalue weighted by Gasteiger charge is -2.19. The van der Waals surface area contributed by atoms with Gasteiger partial charge in [-0.05, 0) is 0 Å². The third kappa shape index (κ3) is 7.00. The van der Waals surface area contributed by atoms with Gasteiger partial charge < -0.3 is 40.3 Å². The maximum absolute atomic E-state index is 12.0. The third-order valence-electron chi connectivity index (χ3n) is 3.56. The first-order valence-electron chi connectivity index (χ1n) is 7.73. The Labute approximate surface area is 167 Å². The smallest absolute Gasteiger partial charge is 0.391 e. The average Bonchev–Trinajstić information content (AvgIpc) is 2.90. The van der Waals surface area contributed by atoms with Crippen molar-refractivity contribution in [1.29, 1.82) is 0 Å². The van der Waals surface area contributed by atoms with Gasteiger partial charge in [0.25, 0.3) is 0 Å². The van der Waals surface area contributed by atoms with Gasteiger partial charge in [0.2, 0.25) is 0 Å². The zero-order valence-electron chi connectivity index (χ0n) is 14.7. The minimum atomic E-state index is -5.69. The summed E-state index contributed by atoms with van der Waals surface area (Å²) in [6.07, 6.45) is -2.86. The molecule has 172 valence electrons.